The average molecular weight is 432 g/mol. The van der Waals surface area contributed by atoms with Gasteiger partial charge in [-0.25, -0.2) is 4.79 Å². The summed E-state index contributed by atoms with van der Waals surface area (Å²) in [5.74, 6) is -1.31. The number of hydrogen-bond acceptors (Lipinski definition) is 5. The van der Waals surface area contributed by atoms with E-state index in [0.717, 1.165) is 18.4 Å². The molecule has 1 aliphatic rings. The SMILES string of the molecule is CCC(CC)O[C@@H]1C=C(C(=O)O)C[C@H](NCc2ccc(NC(C)=O)cc2)[C@H]1NC(C)=O. The molecule has 3 atom stereocenters. The highest BCUT2D eigenvalue weighted by Crippen LogP contribution is 2.25. The summed E-state index contributed by atoms with van der Waals surface area (Å²) in [6, 6.07) is 6.70. The number of anilines is 1. The van der Waals surface area contributed by atoms with Crippen LogP contribution in [0.25, 0.3) is 0 Å². The van der Waals surface area contributed by atoms with Crippen molar-refractivity contribution in [2.45, 2.75) is 77.8 Å². The van der Waals surface area contributed by atoms with Crippen LogP contribution in [0.5, 0.6) is 0 Å². The number of amides is 2. The van der Waals surface area contributed by atoms with Crippen LogP contribution in [0.15, 0.2) is 35.9 Å². The van der Waals surface area contributed by atoms with Gasteiger partial charge in [-0.05, 0) is 43.0 Å². The molecule has 0 unspecified atom stereocenters. The number of aliphatic carboxylic acids is 1. The summed E-state index contributed by atoms with van der Waals surface area (Å²) in [5.41, 5.74) is 1.95. The van der Waals surface area contributed by atoms with Crippen LogP contribution in [0.1, 0.15) is 52.5 Å². The lowest BCUT2D eigenvalue weighted by Gasteiger charge is -2.38. The van der Waals surface area contributed by atoms with Crippen molar-refractivity contribution in [1.29, 1.82) is 0 Å². The number of benzene rings is 1. The highest BCUT2D eigenvalue weighted by atomic mass is 16.5. The molecule has 0 saturated carbocycles. The third-order valence-corrected chi connectivity index (χ3v) is 5.34. The number of ether oxygens (including phenoxy) is 1. The third kappa shape index (κ3) is 7.48. The zero-order valence-corrected chi connectivity index (χ0v) is 18.6. The first-order valence-corrected chi connectivity index (χ1v) is 10.7. The second-order valence-corrected chi connectivity index (χ2v) is 7.83. The highest BCUT2D eigenvalue weighted by molar-refractivity contribution is 5.88. The molecule has 0 fully saturated rings. The lowest BCUT2D eigenvalue weighted by Crippen LogP contribution is -2.58. The smallest absolute Gasteiger partial charge is 0.331 e. The van der Waals surface area contributed by atoms with Gasteiger partial charge in [0.2, 0.25) is 11.8 Å². The first kappa shape index (κ1) is 24.6. The Morgan fingerprint density at radius 1 is 1.10 bits per heavy atom. The molecule has 8 nitrogen and oxygen atoms in total. The summed E-state index contributed by atoms with van der Waals surface area (Å²) in [6.45, 7) is 7.42. The van der Waals surface area contributed by atoms with Gasteiger partial charge in [0.15, 0.2) is 0 Å². The highest BCUT2D eigenvalue weighted by Gasteiger charge is 2.37. The number of carbonyl (C=O) groups excluding carboxylic acids is 2. The molecule has 1 aromatic carbocycles. The summed E-state index contributed by atoms with van der Waals surface area (Å²) < 4.78 is 6.18. The maximum Gasteiger partial charge on any atom is 0.331 e. The molecule has 0 radical (unpaired) electrons. The van der Waals surface area contributed by atoms with E-state index < -0.39 is 12.1 Å². The molecule has 0 heterocycles. The number of nitrogens with one attached hydrogen (secondary N) is 3. The van der Waals surface area contributed by atoms with Crippen molar-refractivity contribution < 1.29 is 24.2 Å². The molecule has 4 N–H and O–H groups in total. The van der Waals surface area contributed by atoms with Gasteiger partial charge >= 0.3 is 5.97 Å². The predicted molar refractivity (Wildman–Crippen MR) is 119 cm³/mol. The molecule has 0 aromatic heterocycles. The Balaban J connectivity index is 2.19. The van der Waals surface area contributed by atoms with Gasteiger partial charge in [0.25, 0.3) is 0 Å². The van der Waals surface area contributed by atoms with E-state index in [1.165, 1.54) is 13.8 Å². The quantitative estimate of drug-likeness (QED) is 0.452. The minimum absolute atomic E-state index is 0.0207. The van der Waals surface area contributed by atoms with Crippen molar-refractivity contribution in [3.05, 3.63) is 41.5 Å². The van der Waals surface area contributed by atoms with Crippen LogP contribution in [0.4, 0.5) is 5.69 Å². The summed E-state index contributed by atoms with van der Waals surface area (Å²) in [4.78, 5) is 34.8. The van der Waals surface area contributed by atoms with E-state index in [1.54, 1.807) is 6.08 Å². The summed E-state index contributed by atoms with van der Waals surface area (Å²) in [6.07, 6.45) is 2.94. The van der Waals surface area contributed by atoms with Gasteiger partial charge in [-0.3, -0.25) is 9.59 Å². The Labute approximate surface area is 183 Å². The minimum Gasteiger partial charge on any atom is -0.478 e. The van der Waals surface area contributed by atoms with E-state index in [-0.39, 0.29) is 42.0 Å². The maximum absolute atomic E-state index is 11.9. The summed E-state index contributed by atoms with van der Waals surface area (Å²) in [7, 11) is 0. The first-order chi connectivity index (χ1) is 14.7. The monoisotopic (exact) mass is 431 g/mol. The zero-order chi connectivity index (χ0) is 23.0. The molecule has 0 bridgehead atoms. The standard InChI is InChI=1S/C23H33N3O5/c1-5-19(6-2)31-21-12-17(23(29)30)11-20(22(21)26-15(4)28)24-13-16-7-9-18(10-8-16)25-14(3)27/h7-10,12,19-22,24H,5-6,11,13H2,1-4H3,(H,25,27)(H,26,28)(H,29,30)/t20-,21+,22+/m0/s1. The van der Waals surface area contributed by atoms with Crippen molar-refractivity contribution in [2.75, 3.05) is 5.32 Å². The molecule has 1 aliphatic carbocycles. The van der Waals surface area contributed by atoms with Gasteiger partial charge in [-0.15, -0.1) is 0 Å². The predicted octanol–water partition coefficient (Wildman–Crippen LogP) is 2.60. The van der Waals surface area contributed by atoms with E-state index in [4.69, 9.17) is 4.74 Å². The van der Waals surface area contributed by atoms with Gasteiger partial charge in [-0.2, -0.15) is 0 Å². The Kier molecular flexibility index (Phi) is 9.21. The zero-order valence-electron chi connectivity index (χ0n) is 18.6. The third-order valence-electron chi connectivity index (χ3n) is 5.34. The Bertz CT molecular complexity index is 802. The van der Waals surface area contributed by atoms with Crippen LogP contribution in [-0.4, -0.2) is 47.2 Å². The minimum atomic E-state index is -0.981. The fraction of sp³-hybridized carbons (Fsp3) is 0.522. The molecule has 0 spiro atoms. The number of carbonyl (C=O) groups is 3. The van der Waals surface area contributed by atoms with Crippen molar-refractivity contribution in [3.8, 4) is 0 Å². The van der Waals surface area contributed by atoms with Gasteiger partial charge in [0, 0.05) is 37.7 Å². The topological polar surface area (TPSA) is 117 Å². The van der Waals surface area contributed by atoms with Crippen LogP contribution in [-0.2, 0) is 25.7 Å². The van der Waals surface area contributed by atoms with Crippen molar-refractivity contribution >= 4 is 23.5 Å². The molecule has 0 saturated heterocycles. The first-order valence-electron chi connectivity index (χ1n) is 10.7. The number of rotatable bonds is 10. The average Bonchev–Trinajstić information content (AvgIpc) is 2.71. The van der Waals surface area contributed by atoms with Crippen LogP contribution in [0.3, 0.4) is 0 Å². The molecule has 170 valence electrons. The maximum atomic E-state index is 11.9. The molecule has 8 heteroatoms. The largest absolute Gasteiger partial charge is 0.478 e. The van der Waals surface area contributed by atoms with E-state index in [0.29, 0.717) is 12.2 Å². The molecule has 2 amide bonds. The Morgan fingerprint density at radius 3 is 2.26 bits per heavy atom. The van der Waals surface area contributed by atoms with E-state index >= 15 is 0 Å². The van der Waals surface area contributed by atoms with Crippen LogP contribution < -0.4 is 16.0 Å². The lowest BCUT2D eigenvalue weighted by atomic mass is 9.87. The molecular formula is C23H33N3O5. The summed E-state index contributed by atoms with van der Waals surface area (Å²) in [5, 5.41) is 18.7. The van der Waals surface area contributed by atoms with Gasteiger partial charge in [-0.1, -0.05) is 26.0 Å². The molecular weight excluding hydrogens is 398 g/mol. The number of hydrogen-bond donors (Lipinski definition) is 4. The van der Waals surface area contributed by atoms with E-state index in [2.05, 4.69) is 16.0 Å². The second-order valence-electron chi connectivity index (χ2n) is 7.83. The van der Waals surface area contributed by atoms with Crippen molar-refractivity contribution in [3.63, 3.8) is 0 Å². The van der Waals surface area contributed by atoms with Crippen LogP contribution in [0, 0.1) is 0 Å². The van der Waals surface area contributed by atoms with Crippen molar-refractivity contribution in [2.24, 2.45) is 0 Å². The van der Waals surface area contributed by atoms with E-state index in [1.807, 2.05) is 38.1 Å². The van der Waals surface area contributed by atoms with Gasteiger partial charge < -0.3 is 25.8 Å². The fourth-order valence-electron chi connectivity index (χ4n) is 3.72. The number of carboxylic acid groups (broad SMARTS) is 1. The second kappa shape index (κ2) is 11.6. The molecule has 1 aromatic rings. The fourth-order valence-corrected chi connectivity index (χ4v) is 3.72. The normalized spacial score (nSPS) is 20.8. The van der Waals surface area contributed by atoms with Crippen LogP contribution >= 0.6 is 0 Å². The van der Waals surface area contributed by atoms with Crippen LogP contribution in [0.2, 0.25) is 0 Å². The summed E-state index contributed by atoms with van der Waals surface area (Å²) >= 11 is 0. The van der Waals surface area contributed by atoms with E-state index in [9.17, 15) is 19.5 Å². The van der Waals surface area contributed by atoms with Gasteiger partial charge in [0.1, 0.15) is 0 Å². The van der Waals surface area contributed by atoms with Gasteiger partial charge in [0.05, 0.1) is 18.2 Å². The lowest BCUT2D eigenvalue weighted by molar-refractivity contribution is -0.133. The molecule has 31 heavy (non-hydrogen) atoms. The molecule has 0 aliphatic heterocycles. The van der Waals surface area contributed by atoms with Crippen molar-refractivity contribution in [1.82, 2.24) is 10.6 Å². The Morgan fingerprint density at radius 2 is 1.74 bits per heavy atom. The number of carboxylic acids is 1. The molecule has 2 rings (SSSR count). The Hall–Kier alpha value is -2.71.